The van der Waals surface area contributed by atoms with Gasteiger partial charge in [0.25, 0.3) is 0 Å². The Bertz CT molecular complexity index is 467. The predicted molar refractivity (Wildman–Crippen MR) is 95.8 cm³/mol. The molecular formula is C16H26Li2Si3. The van der Waals surface area contributed by atoms with Gasteiger partial charge in [0.2, 0.25) is 0 Å². The summed E-state index contributed by atoms with van der Waals surface area (Å²) in [5.41, 5.74) is 0. The van der Waals surface area contributed by atoms with Crippen LogP contribution in [0.25, 0.3) is 0 Å². The maximum Gasteiger partial charge on any atom is 1.00 e. The molecule has 0 fully saturated rings. The van der Waals surface area contributed by atoms with Crippen LogP contribution in [0.1, 0.15) is 0 Å². The fraction of sp³-hybridized carbons (Fsp3) is 0.375. The first kappa shape index (κ1) is 21.5. The van der Waals surface area contributed by atoms with Crippen molar-refractivity contribution in [2.45, 2.75) is 39.3 Å². The van der Waals surface area contributed by atoms with Crippen LogP contribution >= 0.6 is 0 Å². The standard InChI is InChI=1S/C16H26Si3.2Li/c1-17(2,3)19(18(4,5)6,15-11-7-8-12-15)16-13-9-10-14-16;;/h7-14H,1-6H3;;/q-2;2*+1. The second-order valence-electron chi connectivity index (χ2n) is 7.60. The van der Waals surface area contributed by atoms with E-state index >= 15 is 0 Å². The van der Waals surface area contributed by atoms with Crippen LogP contribution in [0.15, 0.2) is 48.5 Å². The zero-order valence-electron chi connectivity index (χ0n) is 15.1. The van der Waals surface area contributed by atoms with Crippen LogP contribution < -0.4 is 48.1 Å². The summed E-state index contributed by atoms with van der Waals surface area (Å²) in [4.78, 5) is 0. The largest absolute Gasteiger partial charge is 1.00 e. The average molecular weight is 317 g/mol. The topological polar surface area (TPSA) is 0 Å². The van der Waals surface area contributed by atoms with Crippen molar-refractivity contribution in [3.63, 3.8) is 0 Å². The van der Waals surface area contributed by atoms with Crippen molar-refractivity contribution in [2.75, 3.05) is 0 Å². The van der Waals surface area contributed by atoms with E-state index in [1.165, 1.54) is 0 Å². The summed E-state index contributed by atoms with van der Waals surface area (Å²) in [7, 11) is -4.13. The maximum absolute atomic E-state index is 2.59. The van der Waals surface area contributed by atoms with Gasteiger partial charge >= 0.3 is 37.7 Å². The van der Waals surface area contributed by atoms with Gasteiger partial charge in [0, 0.05) is 15.2 Å². The third-order valence-electron chi connectivity index (χ3n) is 4.44. The van der Waals surface area contributed by atoms with Gasteiger partial charge in [-0.1, -0.05) is 39.3 Å². The second-order valence-corrected chi connectivity index (χ2v) is 34.3. The Labute approximate surface area is 157 Å². The van der Waals surface area contributed by atoms with E-state index in [9.17, 15) is 0 Å². The van der Waals surface area contributed by atoms with Gasteiger partial charge in [-0.25, -0.2) is 22.5 Å². The summed E-state index contributed by atoms with van der Waals surface area (Å²) < 4.78 is 0. The molecule has 5 heteroatoms. The molecule has 0 amide bonds. The zero-order valence-corrected chi connectivity index (χ0v) is 18.1. The molecule has 0 atom stereocenters. The van der Waals surface area contributed by atoms with Crippen LogP contribution in [-0.4, -0.2) is 22.3 Å². The van der Waals surface area contributed by atoms with Crippen LogP contribution in [-0.2, 0) is 0 Å². The van der Waals surface area contributed by atoms with E-state index in [2.05, 4.69) is 87.8 Å². The summed E-state index contributed by atoms with van der Waals surface area (Å²) in [6.07, 6.45) is 0. The molecule has 0 N–H and O–H groups in total. The van der Waals surface area contributed by atoms with E-state index in [-0.39, 0.29) is 37.7 Å². The van der Waals surface area contributed by atoms with Crippen molar-refractivity contribution in [1.29, 1.82) is 0 Å². The van der Waals surface area contributed by atoms with E-state index < -0.39 is 22.3 Å². The molecule has 0 unspecified atom stereocenters. The van der Waals surface area contributed by atoms with Crippen molar-refractivity contribution in [1.82, 2.24) is 0 Å². The fourth-order valence-corrected chi connectivity index (χ4v) is 51.1. The molecule has 2 aromatic carbocycles. The first-order chi connectivity index (χ1) is 8.71. The quantitative estimate of drug-likeness (QED) is 0.433. The van der Waals surface area contributed by atoms with Crippen LogP contribution in [0.5, 0.6) is 0 Å². The van der Waals surface area contributed by atoms with Gasteiger partial charge in [0.05, 0.1) is 0 Å². The third kappa shape index (κ3) is 3.56. The van der Waals surface area contributed by atoms with Gasteiger partial charge in [-0.3, -0.25) is 0 Å². The third-order valence-corrected chi connectivity index (χ3v) is 41.8. The molecule has 104 valence electrons. The molecule has 0 aliphatic rings. The van der Waals surface area contributed by atoms with E-state index in [1.54, 1.807) is 10.4 Å². The molecule has 0 bridgehead atoms. The molecule has 0 nitrogen and oxygen atoms in total. The molecule has 0 aliphatic carbocycles. The van der Waals surface area contributed by atoms with Crippen LogP contribution in [0.3, 0.4) is 0 Å². The van der Waals surface area contributed by atoms with Crippen molar-refractivity contribution < 1.29 is 37.7 Å². The molecule has 0 saturated heterocycles. The molecule has 21 heavy (non-hydrogen) atoms. The van der Waals surface area contributed by atoms with E-state index in [0.29, 0.717) is 0 Å². The Hall–Kier alpha value is 0.545. The van der Waals surface area contributed by atoms with Gasteiger partial charge in [-0.2, -0.15) is 36.4 Å². The number of rotatable bonds is 4. The van der Waals surface area contributed by atoms with Crippen molar-refractivity contribution in [3.8, 4) is 0 Å². The van der Waals surface area contributed by atoms with Gasteiger partial charge in [-0.05, 0) is 7.11 Å². The summed E-state index contributed by atoms with van der Waals surface area (Å²) in [5.74, 6) is 0. The van der Waals surface area contributed by atoms with Crippen LogP contribution in [0.2, 0.25) is 39.3 Å². The van der Waals surface area contributed by atoms with E-state index in [0.717, 1.165) is 0 Å². The van der Waals surface area contributed by atoms with Gasteiger partial charge in [0.15, 0.2) is 0 Å². The number of hydrogen-bond donors (Lipinski definition) is 0. The molecule has 2 rings (SSSR count). The molecular weight excluding hydrogens is 290 g/mol. The minimum atomic E-state index is -1.57. The number of hydrogen-bond acceptors (Lipinski definition) is 0. The Kier molecular flexibility index (Phi) is 7.60. The second kappa shape index (κ2) is 7.41. The Morgan fingerprint density at radius 2 is 1.00 bits per heavy atom. The SMILES string of the molecule is C[Si](C)(C)[Si](c1cc[cH-]c1)(c1cc[cH-]c1)[Si](C)(C)C.[Li+].[Li+]. The minimum Gasteiger partial charge on any atom is -0.213 e. The van der Waals surface area contributed by atoms with Crippen molar-refractivity contribution in [3.05, 3.63) is 48.5 Å². The Morgan fingerprint density at radius 1 is 0.667 bits per heavy atom. The van der Waals surface area contributed by atoms with Crippen LogP contribution in [0.4, 0.5) is 0 Å². The maximum atomic E-state index is 2.59. The average Bonchev–Trinajstić information content (AvgIpc) is 2.85. The summed E-state index contributed by atoms with van der Waals surface area (Å²) in [6, 6.07) is 18.6. The van der Waals surface area contributed by atoms with Crippen molar-refractivity contribution in [2.24, 2.45) is 0 Å². The molecule has 0 radical (unpaired) electrons. The van der Waals surface area contributed by atoms with Gasteiger partial charge in [0.1, 0.15) is 0 Å². The van der Waals surface area contributed by atoms with E-state index in [4.69, 9.17) is 0 Å². The molecule has 2 aromatic rings. The smallest absolute Gasteiger partial charge is 0.213 e. The molecule has 0 aromatic heterocycles. The van der Waals surface area contributed by atoms with Crippen LogP contribution in [0, 0.1) is 0 Å². The summed E-state index contributed by atoms with van der Waals surface area (Å²) >= 11 is 0. The zero-order chi connectivity index (χ0) is 14.3. The molecule has 0 aliphatic heterocycles. The molecule has 0 spiro atoms. The first-order valence-corrected chi connectivity index (χ1v) is 18.2. The minimum absolute atomic E-state index is 0. The van der Waals surface area contributed by atoms with Gasteiger partial charge < -0.3 is 0 Å². The summed E-state index contributed by atoms with van der Waals surface area (Å²) in [6.45, 7) is 15.6. The normalized spacial score (nSPS) is 12.5. The monoisotopic (exact) mass is 316 g/mol. The van der Waals surface area contributed by atoms with Crippen molar-refractivity contribution >= 4 is 32.7 Å². The Morgan fingerprint density at radius 3 is 1.19 bits per heavy atom. The van der Waals surface area contributed by atoms with Gasteiger partial charge in [-0.15, -0.1) is 0 Å². The Balaban J connectivity index is 0.00000200. The molecule has 0 saturated carbocycles. The summed E-state index contributed by atoms with van der Waals surface area (Å²) in [5, 5.41) is 3.38. The predicted octanol–water partition coefficient (Wildman–Crippen LogP) is -2.47. The molecule has 0 heterocycles. The first-order valence-electron chi connectivity index (χ1n) is 7.15. The fourth-order valence-electron chi connectivity index (χ4n) is 4.27. The van der Waals surface area contributed by atoms with E-state index in [1.807, 2.05) is 0 Å².